The van der Waals surface area contributed by atoms with E-state index < -0.39 is 15.9 Å². The van der Waals surface area contributed by atoms with Crippen LogP contribution < -0.4 is 5.14 Å². The van der Waals surface area contributed by atoms with Crippen molar-refractivity contribution in [1.29, 1.82) is 0 Å². The zero-order chi connectivity index (χ0) is 13.9. The average Bonchev–Trinajstić information content (AvgIpc) is 2.71. The number of carbonyl (C=O) groups excluding carboxylic acids is 1. The number of aromatic nitrogens is 2. The number of nitrogens with two attached hydrogens (primary N) is 1. The Morgan fingerprint density at radius 3 is 2.50 bits per heavy atom. The van der Waals surface area contributed by atoms with Crippen molar-refractivity contribution in [2.75, 3.05) is 13.6 Å². The van der Waals surface area contributed by atoms with Crippen LogP contribution in [0.1, 0.15) is 36.5 Å². The summed E-state index contributed by atoms with van der Waals surface area (Å²) < 4.78 is 23.1. The Labute approximate surface area is 106 Å². The molecule has 0 bridgehead atoms. The SMILES string of the molecule is CCCN(C)C(=O)c1n[nH]c(CC)c1S(N)(=O)=O. The minimum absolute atomic E-state index is 0.134. The number of nitrogens with one attached hydrogen (secondary N) is 1. The molecule has 0 saturated heterocycles. The minimum atomic E-state index is -3.97. The van der Waals surface area contributed by atoms with Gasteiger partial charge in [-0.15, -0.1) is 0 Å². The lowest BCUT2D eigenvalue weighted by Crippen LogP contribution is -2.29. The molecule has 3 N–H and O–H groups in total. The fourth-order valence-electron chi connectivity index (χ4n) is 1.68. The molecular formula is C10H18N4O3S. The Hall–Kier alpha value is -1.41. The van der Waals surface area contributed by atoms with Crippen LogP contribution in [0.15, 0.2) is 4.90 Å². The van der Waals surface area contributed by atoms with E-state index in [-0.39, 0.29) is 10.6 Å². The zero-order valence-corrected chi connectivity index (χ0v) is 11.5. The molecule has 0 aromatic carbocycles. The number of rotatable bonds is 5. The second kappa shape index (κ2) is 5.49. The molecule has 1 rings (SSSR count). The highest BCUT2D eigenvalue weighted by Crippen LogP contribution is 2.18. The third-order valence-electron chi connectivity index (χ3n) is 2.54. The van der Waals surface area contributed by atoms with Crippen molar-refractivity contribution in [2.24, 2.45) is 5.14 Å². The van der Waals surface area contributed by atoms with Gasteiger partial charge < -0.3 is 4.90 Å². The van der Waals surface area contributed by atoms with E-state index in [1.54, 1.807) is 14.0 Å². The number of amides is 1. The molecule has 1 heterocycles. The van der Waals surface area contributed by atoms with Crippen molar-refractivity contribution in [1.82, 2.24) is 15.1 Å². The summed E-state index contributed by atoms with van der Waals surface area (Å²) in [5.41, 5.74) is 0.219. The number of aryl methyl sites for hydroxylation is 1. The number of nitrogens with zero attached hydrogens (tertiary/aromatic N) is 2. The lowest BCUT2D eigenvalue weighted by molar-refractivity contribution is 0.0785. The highest BCUT2D eigenvalue weighted by atomic mass is 32.2. The van der Waals surface area contributed by atoms with Crippen molar-refractivity contribution in [3.05, 3.63) is 11.4 Å². The van der Waals surface area contributed by atoms with Gasteiger partial charge in [-0.25, -0.2) is 13.6 Å². The van der Waals surface area contributed by atoms with Crippen molar-refractivity contribution in [3.63, 3.8) is 0 Å². The number of carbonyl (C=O) groups is 1. The molecule has 0 unspecified atom stereocenters. The molecule has 8 heteroatoms. The zero-order valence-electron chi connectivity index (χ0n) is 10.7. The molecule has 0 saturated carbocycles. The summed E-state index contributed by atoms with van der Waals surface area (Å²) in [6.07, 6.45) is 1.18. The second-order valence-electron chi connectivity index (χ2n) is 4.01. The quantitative estimate of drug-likeness (QED) is 0.793. The summed E-state index contributed by atoms with van der Waals surface area (Å²) in [7, 11) is -2.37. The summed E-state index contributed by atoms with van der Waals surface area (Å²) in [5, 5.41) is 11.5. The van der Waals surface area contributed by atoms with Crippen LogP contribution in [-0.2, 0) is 16.4 Å². The van der Waals surface area contributed by atoms with Crippen LogP contribution in [0.3, 0.4) is 0 Å². The molecule has 0 spiro atoms. The van der Waals surface area contributed by atoms with E-state index in [4.69, 9.17) is 5.14 Å². The molecule has 0 fully saturated rings. The first-order valence-corrected chi connectivity index (χ1v) is 7.23. The summed E-state index contributed by atoms with van der Waals surface area (Å²) in [6, 6.07) is 0. The first kappa shape index (κ1) is 14.7. The van der Waals surface area contributed by atoms with Crippen LogP contribution in [0.2, 0.25) is 0 Å². The summed E-state index contributed by atoms with van der Waals surface area (Å²) in [5.74, 6) is -0.447. The Bertz CT molecular complexity index is 535. The van der Waals surface area contributed by atoms with E-state index in [1.165, 1.54) is 4.90 Å². The predicted octanol–water partition coefficient (Wildman–Crippen LogP) is 0.102. The molecule has 7 nitrogen and oxygen atoms in total. The van der Waals surface area contributed by atoms with Crippen molar-refractivity contribution in [2.45, 2.75) is 31.6 Å². The minimum Gasteiger partial charge on any atom is -0.340 e. The van der Waals surface area contributed by atoms with Gasteiger partial charge in [0.15, 0.2) is 5.69 Å². The van der Waals surface area contributed by atoms with Gasteiger partial charge in [0, 0.05) is 13.6 Å². The number of H-pyrrole nitrogens is 1. The Morgan fingerprint density at radius 1 is 1.44 bits per heavy atom. The van der Waals surface area contributed by atoms with E-state index in [9.17, 15) is 13.2 Å². The maximum absolute atomic E-state index is 12.1. The van der Waals surface area contributed by atoms with E-state index in [2.05, 4.69) is 10.2 Å². The topological polar surface area (TPSA) is 109 Å². The smallest absolute Gasteiger partial charge is 0.275 e. The van der Waals surface area contributed by atoms with Crippen LogP contribution in [0.4, 0.5) is 0 Å². The van der Waals surface area contributed by atoms with Crippen molar-refractivity contribution >= 4 is 15.9 Å². The van der Waals surface area contributed by atoms with Crippen LogP contribution in [0.25, 0.3) is 0 Å². The molecule has 102 valence electrons. The van der Waals surface area contributed by atoms with Gasteiger partial charge in [0.25, 0.3) is 5.91 Å². The van der Waals surface area contributed by atoms with E-state index in [0.717, 1.165) is 6.42 Å². The van der Waals surface area contributed by atoms with Crippen LogP contribution in [-0.4, -0.2) is 43.0 Å². The number of sulfonamides is 1. The van der Waals surface area contributed by atoms with E-state index >= 15 is 0 Å². The normalized spacial score (nSPS) is 11.6. The van der Waals surface area contributed by atoms with Crippen molar-refractivity contribution < 1.29 is 13.2 Å². The third-order valence-corrected chi connectivity index (χ3v) is 3.55. The molecular weight excluding hydrogens is 256 g/mol. The number of primary sulfonamides is 1. The molecule has 0 aliphatic heterocycles. The summed E-state index contributed by atoms with van der Waals surface area (Å²) >= 11 is 0. The van der Waals surface area contributed by atoms with Crippen molar-refractivity contribution in [3.8, 4) is 0 Å². The van der Waals surface area contributed by atoms with E-state index in [0.29, 0.717) is 18.7 Å². The fraction of sp³-hybridized carbons (Fsp3) is 0.600. The Balaban J connectivity index is 3.26. The number of hydrogen-bond acceptors (Lipinski definition) is 4. The maximum atomic E-state index is 12.1. The van der Waals surface area contributed by atoms with Gasteiger partial charge in [0.05, 0.1) is 5.69 Å². The van der Waals surface area contributed by atoms with Gasteiger partial charge in [-0.1, -0.05) is 13.8 Å². The van der Waals surface area contributed by atoms with Gasteiger partial charge in [0.1, 0.15) is 4.90 Å². The maximum Gasteiger partial charge on any atom is 0.275 e. The summed E-state index contributed by atoms with van der Waals surface area (Å²) in [4.78, 5) is 13.3. The molecule has 18 heavy (non-hydrogen) atoms. The highest BCUT2D eigenvalue weighted by Gasteiger charge is 2.28. The van der Waals surface area contributed by atoms with Gasteiger partial charge in [-0.2, -0.15) is 5.10 Å². The molecule has 1 aromatic heterocycles. The number of hydrogen-bond donors (Lipinski definition) is 2. The van der Waals surface area contributed by atoms with Crippen LogP contribution in [0, 0.1) is 0 Å². The molecule has 0 radical (unpaired) electrons. The largest absolute Gasteiger partial charge is 0.340 e. The molecule has 0 aliphatic carbocycles. The van der Waals surface area contributed by atoms with Gasteiger partial charge in [0.2, 0.25) is 10.0 Å². The molecule has 1 amide bonds. The lowest BCUT2D eigenvalue weighted by atomic mass is 10.3. The van der Waals surface area contributed by atoms with Gasteiger partial charge >= 0.3 is 0 Å². The summed E-state index contributed by atoms with van der Waals surface area (Å²) in [6.45, 7) is 4.20. The van der Waals surface area contributed by atoms with Crippen LogP contribution >= 0.6 is 0 Å². The lowest BCUT2D eigenvalue weighted by Gasteiger charge is -2.14. The first-order valence-electron chi connectivity index (χ1n) is 5.68. The average molecular weight is 274 g/mol. The Kier molecular flexibility index (Phi) is 4.47. The predicted molar refractivity (Wildman–Crippen MR) is 66.6 cm³/mol. The Morgan fingerprint density at radius 2 is 2.06 bits per heavy atom. The third kappa shape index (κ3) is 2.88. The van der Waals surface area contributed by atoms with Crippen LogP contribution in [0.5, 0.6) is 0 Å². The molecule has 1 aromatic rings. The first-order chi connectivity index (χ1) is 8.32. The number of aromatic amines is 1. The standard InChI is InChI=1S/C10H18N4O3S/c1-4-6-14(3)10(15)8-9(18(11,16)17)7(5-2)12-13-8/h4-6H2,1-3H3,(H,12,13)(H2,11,16,17). The monoisotopic (exact) mass is 274 g/mol. The van der Waals surface area contributed by atoms with E-state index in [1.807, 2.05) is 6.92 Å². The second-order valence-corrected chi connectivity index (χ2v) is 5.50. The molecule has 0 aliphatic rings. The molecule has 0 atom stereocenters. The highest BCUT2D eigenvalue weighted by molar-refractivity contribution is 7.89. The van der Waals surface area contributed by atoms with Gasteiger partial charge in [-0.3, -0.25) is 9.89 Å². The van der Waals surface area contributed by atoms with Gasteiger partial charge in [-0.05, 0) is 12.8 Å². The fourth-order valence-corrected chi connectivity index (χ4v) is 2.61.